The highest BCUT2D eigenvalue weighted by molar-refractivity contribution is 6.09. The zero-order valence-electron chi connectivity index (χ0n) is 15.6. The zero-order chi connectivity index (χ0) is 21.9. The summed E-state index contributed by atoms with van der Waals surface area (Å²) in [5.41, 5.74) is 12.9. The molecular formula is C15H24N4O9. The molecule has 13 nitrogen and oxygen atoms in total. The Balaban J connectivity index is 2.94. The smallest absolute Gasteiger partial charge is 0.338 e. The Morgan fingerprint density at radius 2 is 1.86 bits per heavy atom. The molecule has 0 aromatic heterocycles. The van der Waals surface area contributed by atoms with Gasteiger partial charge in [-0.2, -0.15) is 0 Å². The van der Waals surface area contributed by atoms with Crippen molar-refractivity contribution in [2.24, 2.45) is 22.6 Å². The van der Waals surface area contributed by atoms with Crippen LogP contribution in [0.1, 0.15) is 20.3 Å². The highest BCUT2D eigenvalue weighted by Crippen LogP contribution is 2.40. The number of nitrogens with two attached hydrogens (primary N) is 3. The normalized spacial score (nSPS) is 25.5. The third-order valence-electron chi connectivity index (χ3n) is 4.48. The summed E-state index contributed by atoms with van der Waals surface area (Å²) in [4.78, 5) is 58.4. The van der Waals surface area contributed by atoms with E-state index in [-0.39, 0.29) is 6.61 Å². The van der Waals surface area contributed by atoms with Crippen molar-refractivity contribution < 1.29 is 43.3 Å². The second-order valence-corrected chi connectivity index (χ2v) is 6.80. The van der Waals surface area contributed by atoms with Crippen LogP contribution in [0.3, 0.4) is 0 Å². The van der Waals surface area contributed by atoms with Crippen LogP contribution in [0.15, 0.2) is 0 Å². The van der Waals surface area contributed by atoms with E-state index in [0.29, 0.717) is 0 Å². The number of carbonyl (C=O) groups excluding carboxylic acids is 4. The van der Waals surface area contributed by atoms with E-state index in [0.717, 1.165) is 0 Å². The number of primary amides is 1. The van der Waals surface area contributed by atoms with Crippen LogP contribution in [0, 0.1) is 5.41 Å². The third kappa shape index (κ3) is 4.44. The Kier molecular flexibility index (Phi) is 7.20. The molecule has 1 aliphatic rings. The van der Waals surface area contributed by atoms with E-state index < -0.39 is 65.5 Å². The lowest BCUT2D eigenvalue weighted by Gasteiger charge is -2.34. The summed E-state index contributed by atoms with van der Waals surface area (Å²) in [7, 11) is 1.25. The Hall–Kier alpha value is -2.61. The molecule has 0 saturated carbocycles. The summed E-state index contributed by atoms with van der Waals surface area (Å²) in [6.07, 6.45) is -2.00. The van der Waals surface area contributed by atoms with E-state index in [9.17, 15) is 24.0 Å². The van der Waals surface area contributed by atoms with Gasteiger partial charge >= 0.3 is 23.9 Å². The molecule has 0 spiro atoms. The first kappa shape index (κ1) is 23.4. The molecule has 0 aromatic rings. The van der Waals surface area contributed by atoms with E-state index >= 15 is 0 Å². The first-order valence-electron chi connectivity index (χ1n) is 8.06. The minimum atomic E-state index is -2.16. The van der Waals surface area contributed by atoms with Crippen LogP contribution < -0.4 is 22.5 Å². The number of esters is 3. The Morgan fingerprint density at radius 1 is 1.29 bits per heavy atom. The Labute approximate surface area is 159 Å². The van der Waals surface area contributed by atoms with E-state index in [1.165, 1.54) is 21.0 Å². The maximum absolute atomic E-state index is 12.3. The molecule has 0 bridgehead atoms. The first-order chi connectivity index (χ1) is 12.8. The number of carbonyl (C=O) groups is 5. The summed E-state index contributed by atoms with van der Waals surface area (Å²) >= 11 is 0. The van der Waals surface area contributed by atoms with Gasteiger partial charge in [0.1, 0.15) is 12.1 Å². The molecule has 1 saturated heterocycles. The van der Waals surface area contributed by atoms with Crippen LogP contribution in [0.2, 0.25) is 0 Å². The van der Waals surface area contributed by atoms with Gasteiger partial charge in [-0.05, 0) is 0 Å². The second kappa shape index (κ2) is 8.60. The summed E-state index contributed by atoms with van der Waals surface area (Å²) in [6.45, 7) is 2.52. The molecule has 1 aliphatic heterocycles. The molecule has 158 valence electrons. The van der Waals surface area contributed by atoms with Gasteiger partial charge in [0.25, 0.3) is 0 Å². The fourth-order valence-corrected chi connectivity index (χ4v) is 2.53. The van der Waals surface area contributed by atoms with E-state index in [4.69, 9.17) is 31.8 Å². The third-order valence-corrected chi connectivity index (χ3v) is 4.48. The highest BCUT2D eigenvalue weighted by atomic mass is 16.6. The topological polar surface area (TPSA) is 223 Å². The van der Waals surface area contributed by atoms with Gasteiger partial charge in [0, 0.05) is 7.11 Å². The van der Waals surface area contributed by atoms with Crippen LogP contribution >= 0.6 is 0 Å². The number of nitrogens with one attached hydrogen (secondary N) is 1. The number of carboxylic acid groups (broad SMARTS) is 1. The molecule has 0 aromatic carbocycles. The van der Waals surface area contributed by atoms with Gasteiger partial charge in [-0.25, -0.2) is 14.4 Å². The van der Waals surface area contributed by atoms with Crippen molar-refractivity contribution >= 4 is 29.8 Å². The van der Waals surface area contributed by atoms with Gasteiger partial charge in [-0.15, -0.1) is 0 Å². The van der Waals surface area contributed by atoms with Gasteiger partial charge in [-0.1, -0.05) is 13.8 Å². The standard InChI is InChI=1S/C15H24N4O9/c1-14(2)12(28-13(25)15(14,18)11(17)24)19-7(5-26-3)10(23)27-9(22)6(16)4-8(20)21/h6-7,12,19H,4-5,16,18H2,1-3H3,(H2,17,24)(H,20,21)/t6-,7-,12?,15?/m0/s1. The zero-order valence-corrected chi connectivity index (χ0v) is 15.6. The fraction of sp³-hybridized carbons (Fsp3) is 0.667. The molecule has 1 amide bonds. The number of hydrogen-bond acceptors (Lipinski definition) is 11. The van der Waals surface area contributed by atoms with Crippen molar-refractivity contribution in [1.82, 2.24) is 5.32 Å². The van der Waals surface area contributed by atoms with Crippen molar-refractivity contribution in [2.75, 3.05) is 13.7 Å². The van der Waals surface area contributed by atoms with Crippen LogP contribution in [0.5, 0.6) is 0 Å². The molecule has 13 heteroatoms. The van der Waals surface area contributed by atoms with Gasteiger partial charge in [0.15, 0.2) is 6.23 Å². The number of cyclic esters (lactones) is 1. The van der Waals surface area contributed by atoms with Crippen molar-refractivity contribution in [1.29, 1.82) is 0 Å². The van der Waals surface area contributed by atoms with Crippen LogP contribution in [-0.2, 0) is 38.2 Å². The summed E-state index contributed by atoms with van der Waals surface area (Å²) in [5, 5.41) is 11.2. The van der Waals surface area contributed by atoms with Crippen molar-refractivity contribution in [3.05, 3.63) is 0 Å². The molecule has 1 fully saturated rings. The number of hydrogen-bond donors (Lipinski definition) is 5. The summed E-state index contributed by atoms with van der Waals surface area (Å²) in [5.74, 6) is -5.98. The average molecular weight is 404 g/mol. The largest absolute Gasteiger partial charge is 0.481 e. The second-order valence-electron chi connectivity index (χ2n) is 6.80. The molecule has 2 unspecified atom stereocenters. The van der Waals surface area contributed by atoms with E-state index in [2.05, 4.69) is 10.1 Å². The average Bonchev–Trinajstić information content (AvgIpc) is 2.74. The molecular weight excluding hydrogens is 380 g/mol. The maximum Gasteiger partial charge on any atom is 0.338 e. The maximum atomic E-state index is 12.3. The lowest BCUT2D eigenvalue weighted by atomic mass is 9.72. The molecule has 4 atom stereocenters. The van der Waals surface area contributed by atoms with Crippen LogP contribution in [0.4, 0.5) is 0 Å². The predicted octanol–water partition coefficient (Wildman–Crippen LogP) is -3.45. The van der Waals surface area contributed by atoms with Crippen LogP contribution in [-0.4, -0.2) is 72.5 Å². The molecule has 1 rings (SSSR count). The van der Waals surface area contributed by atoms with Gasteiger partial charge in [0.05, 0.1) is 18.4 Å². The molecule has 1 heterocycles. The lowest BCUT2D eigenvalue weighted by Crippen LogP contribution is -2.66. The predicted molar refractivity (Wildman–Crippen MR) is 89.9 cm³/mol. The Bertz CT molecular complexity index is 680. The van der Waals surface area contributed by atoms with E-state index in [1.807, 2.05) is 0 Å². The Morgan fingerprint density at radius 3 is 2.29 bits per heavy atom. The lowest BCUT2D eigenvalue weighted by molar-refractivity contribution is -0.166. The molecule has 28 heavy (non-hydrogen) atoms. The number of amides is 1. The van der Waals surface area contributed by atoms with Crippen LogP contribution in [0.25, 0.3) is 0 Å². The monoisotopic (exact) mass is 404 g/mol. The molecule has 0 aliphatic carbocycles. The van der Waals surface area contributed by atoms with Gasteiger partial charge < -0.3 is 36.5 Å². The summed E-state index contributed by atoms with van der Waals surface area (Å²) in [6, 6.07) is -2.89. The first-order valence-corrected chi connectivity index (χ1v) is 8.06. The molecule has 0 radical (unpaired) electrons. The van der Waals surface area contributed by atoms with Gasteiger partial charge in [0.2, 0.25) is 11.4 Å². The van der Waals surface area contributed by atoms with Crippen molar-refractivity contribution in [2.45, 2.75) is 44.1 Å². The van der Waals surface area contributed by atoms with E-state index in [1.54, 1.807) is 0 Å². The number of methoxy groups -OCH3 is 1. The van der Waals surface area contributed by atoms with Crippen molar-refractivity contribution in [3.8, 4) is 0 Å². The SMILES string of the molecule is COC[C@H](NC1OC(=O)C(N)(C(N)=O)C1(C)C)C(=O)OC(=O)[C@@H](N)CC(=O)O. The number of ether oxygens (including phenoxy) is 3. The van der Waals surface area contributed by atoms with Gasteiger partial charge in [-0.3, -0.25) is 14.9 Å². The quantitative estimate of drug-likeness (QED) is 0.187. The minimum Gasteiger partial charge on any atom is -0.481 e. The number of rotatable bonds is 9. The minimum absolute atomic E-state index is 0.321. The number of aliphatic carboxylic acids is 1. The molecule has 8 N–H and O–H groups in total. The number of carboxylic acids is 1. The summed E-state index contributed by atoms with van der Waals surface area (Å²) < 4.78 is 14.5. The van der Waals surface area contributed by atoms with Crippen molar-refractivity contribution in [3.63, 3.8) is 0 Å². The fourth-order valence-electron chi connectivity index (χ4n) is 2.53. The highest BCUT2D eigenvalue weighted by Gasteiger charge is 2.65.